The van der Waals surface area contributed by atoms with Crippen molar-refractivity contribution in [3.05, 3.63) is 18.0 Å². The van der Waals surface area contributed by atoms with Gasteiger partial charge in [-0.1, -0.05) is 0 Å². The van der Waals surface area contributed by atoms with Crippen LogP contribution in [-0.4, -0.2) is 70.9 Å². The molecule has 2 aliphatic rings. The Kier molecular flexibility index (Phi) is 6.97. The first kappa shape index (κ1) is 22.2. The zero-order valence-corrected chi connectivity index (χ0v) is 16.8. The highest BCUT2D eigenvalue weighted by atomic mass is 32.2. The molecule has 0 radical (unpaired) electrons. The Balaban J connectivity index is 1.53. The number of hydrogen-bond donors (Lipinski definition) is 2. The fourth-order valence-electron chi connectivity index (χ4n) is 3.78. The van der Waals surface area contributed by atoms with Gasteiger partial charge in [0.05, 0.1) is 5.56 Å². The number of aliphatic hydroxyl groups is 1. The Morgan fingerprint density at radius 3 is 2.34 bits per heavy atom. The van der Waals surface area contributed by atoms with Crippen molar-refractivity contribution in [2.75, 3.05) is 38.1 Å². The molecule has 2 aliphatic heterocycles. The van der Waals surface area contributed by atoms with Gasteiger partial charge in [0.1, 0.15) is 0 Å². The Morgan fingerprint density at radius 2 is 1.76 bits per heavy atom. The van der Waals surface area contributed by atoms with E-state index in [4.69, 9.17) is 5.11 Å². The molecule has 8 nitrogen and oxygen atoms in total. The van der Waals surface area contributed by atoms with E-state index in [-0.39, 0.29) is 24.5 Å². The van der Waals surface area contributed by atoms with E-state index in [0.29, 0.717) is 45.4 Å². The van der Waals surface area contributed by atoms with Gasteiger partial charge in [-0.15, -0.1) is 0 Å². The summed E-state index contributed by atoms with van der Waals surface area (Å²) in [7, 11) is -3.55. The summed E-state index contributed by atoms with van der Waals surface area (Å²) in [6.07, 6.45) is 0.310. The van der Waals surface area contributed by atoms with Gasteiger partial charge in [0.15, 0.2) is 0 Å². The second-order valence-corrected chi connectivity index (χ2v) is 9.43. The van der Waals surface area contributed by atoms with Gasteiger partial charge in [-0.3, -0.25) is 0 Å². The first-order chi connectivity index (χ1) is 13.7. The van der Waals surface area contributed by atoms with Crippen molar-refractivity contribution in [1.82, 2.24) is 18.6 Å². The summed E-state index contributed by atoms with van der Waals surface area (Å²) in [5.74, 6) is 0.279. The standard InChI is InChI=1S/C17H26F3N5O3S/c18-17(19,20)14-10-21-16(22-11-14)23-15-3-7-24(8-4-15)29(27,28)25-6-1-2-13(12-25)5-9-26/h10-11,13,15,26H,1-9,12H2,(H,21,22,23). The lowest BCUT2D eigenvalue weighted by atomic mass is 9.97. The highest BCUT2D eigenvalue weighted by Gasteiger charge is 2.36. The molecule has 0 bridgehead atoms. The van der Waals surface area contributed by atoms with Crippen molar-refractivity contribution < 1.29 is 26.7 Å². The molecule has 1 aromatic heterocycles. The van der Waals surface area contributed by atoms with E-state index >= 15 is 0 Å². The van der Waals surface area contributed by atoms with Crippen LogP contribution in [-0.2, 0) is 16.4 Å². The van der Waals surface area contributed by atoms with Gasteiger partial charge in [0.25, 0.3) is 10.2 Å². The zero-order valence-electron chi connectivity index (χ0n) is 16.0. The van der Waals surface area contributed by atoms with Crippen LogP contribution in [0.2, 0.25) is 0 Å². The number of rotatable bonds is 6. The van der Waals surface area contributed by atoms with Crippen LogP contribution in [0.15, 0.2) is 12.4 Å². The van der Waals surface area contributed by atoms with Crippen LogP contribution in [0.4, 0.5) is 19.1 Å². The monoisotopic (exact) mass is 437 g/mol. The number of piperidine rings is 2. The molecule has 2 saturated heterocycles. The minimum atomic E-state index is -4.48. The van der Waals surface area contributed by atoms with Crippen LogP contribution < -0.4 is 5.32 Å². The predicted octanol–water partition coefficient (Wildman–Crippen LogP) is 1.71. The van der Waals surface area contributed by atoms with Crippen molar-refractivity contribution >= 4 is 16.2 Å². The molecular weight excluding hydrogens is 411 g/mol. The van der Waals surface area contributed by atoms with Gasteiger partial charge in [0.2, 0.25) is 5.95 Å². The van der Waals surface area contributed by atoms with Gasteiger partial charge >= 0.3 is 6.18 Å². The lowest BCUT2D eigenvalue weighted by Crippen LogP contribution is -2.51. The van der Waals surface area contributed by atoms with Crippen molar-refractivity contribution in [3.63, 3.8) is 0 Å². The number of nitrogens with one attached hydrogen (secondary N) is 1. The van der Waals surface area contributed by atoms with E-state index in [9.17, 15) is 21.6 Å². The highest BCUT2D eigenvalue weighted by Crippen LogP contribution is 2.29. The van der Waals surface area contributed by atoms with E-state index < -0.39 is 21.9 Å². The molecule has 1 unspecified atom stereocenters. The molecule has 1 atom stereocenters. The molecule has 3 rings (SSSR count). The van der Waals surface area contributed by atoms with E-state index in [2.05, 4.69) is 15.3 Å². The van der Waals surface area contributed by atoms with Crippen LogP contribution in [0.25, 0.3) is 0 Å². The number of aromatic nitrogens is 2. The molecule has 2 fully saturated rings. The summed E-state index contributed by atoms with van der Waals surface area (Å²) in [5.41, 5.74) is -0.912. The number of aliphatic hydroxyl groups excluding tert-OH is 1. The van der Waals surface area contributed by atoms with Crippen LogP contribution in [0.3, 0.4) is 0 Å². The number of hydrogen-bond acceptors (Lipinski definition) is 6. The molecule has 12 heteroatoms. The first-order valence-corrected chi connectivity index (χ1v) is 11.1. The lowest BCUT2D eigenvalue weighted by molar-refractivity contribution is -0.138. The summed E-state index contributed by atoms with van der Waals surface area (Å²) in [5, 5.41) is 12.1. The smallest absolute Gasteiger partial charge is 0.396 e. The fraction of sp³-hybridized carbons (Fsp3) is 0.765. The summed E-state index contributed by atoms with van der Waals surface area (Å²) < 4.78 is 66.5. The van der Waals surface area contributed by atoms with Crippen molar-refractivity contribution in [3.8, 4) is 0 Å². The topological polar surface area (TPSA) is 98.7 Å². The summed E-state index contributed by atoms with van der Waals surface area (Å²) in [6, 6.07) is -0.110. The van der Waals surface area contributed by atoms with Gasteiger partial charge in [0, 0.05) is 51.2 Å². The van der Waals surface area contributed by atoms with Crippen LogP contribution in [0, 0.1) is 5.92 Å². The molecule has 0 aliphatic carbocycles. The van der Waals surface area contributed by atoms with E-state index in [1.54, 1.807) is 0 Å². The van der Waals surface area contributed by atoms with Crippen LogP contribution >= 0.6 is 0 Å². The zero-order chi connectivity index (χ0) is 21.1. The third-order valence-electron chi connectivity index (χ3n) is 5.44. The van der Waals surface area contributed by atoms with Gasteiger partial charge in [-0.2, -0.15) is 30.2 Å². The third kappa shape index (κ3) is 5.56. The Morgan fingerprint density at radius 1 is 1.10 bits per heavy atom. The second-order valence-electron chi connectivity index (χ2n) is 7.50. The summed E-state index contributed by atoms with van der Waals surface area (Å²) >= 11 is 0. The molecule has 3 heterocycles. The largest absolute Gasteiger partial charge is 0.419 e. The average molecular weight is 437 g/mol. The molecule has 2 N–H and O–H groups in total. The number of alkyl halides is 3. The molecule has 29 heavy (non-hydrogen) atoms. The fourth-order valence-corrected chi connectivity index (χ4v) is 5.54. The molecule has 0 saturated carbocycles. The normalized spacial score (nSPS) is 23.2. The minimum absolute atomic E-state index is 0.0572. The SMILES string of the molecule is O=S(=O)(N1CCC(Nc2ncc(C(F)(F)F)cn2)CC1)N1CCCC(CCO)C1. The number of nitrogens with zero attached hydrogens (tertiary/aromatic N) is 4. The lowest BCUT2D eigenvalue weighted by Gasteiger charge is -2.38. The average Bonchev–Trinajstić information content (AvgIpc) is 2.69. The maximum Gasteiger partial charge on any atom is 0.419 e. The Labute approximate surface area is 168 Å². The quantitative estimate of drug-likeness (QED) is 0.703. The van der Waals surface area contributed by atoms with Crippen molar-refractivity contribution in [1.29, 1.82) is 0 Å². The maximum atomic E-state index is 12.9. The van der Waals surface area contributed by atoms with Gasteiger partial charge in [-0.05, 0) is 38.0 Å². The van der Waals surface area contributed by atoms with E-state index in [0.717, 1.165) is 25.2 Å². The molecule has 1 aromatic rings. The maximum absolute atomic E-state index is 12.9. The summed E-state index contributed by atoms with van der Waals surface area (Å²) in [4.78, 5) is 7.41. The molecule has 0 amide bonds. The van der Waals surface area contributed by atoms with Crippen LogP contribution in [0.1, 0.15) is 37.7 Å². The number of halogens is 3. The highest BCUT2D eigenvalue weighted by molar-refractivity contribution is 7.86. The Hall–Kier alpha value is -1.50. The van der Waals surface area contributed by atoms with Crippen molar-refractivity contribution in [2.24, 2.45) is 5.92 Å². The van der Waals surface area contributed by atoms with Crippen LogP contribution in [0.5, 0.6) is 0 Å². The molecular formula is C17H26F3N5O3S. The van der Waals surface area contributed by atoms with E-state index in [1.165, 1.54) is 8.61 Å². The number of anilines is 1. The van der Waals surface area contributed by atoms with E-state index in [1.807, 2.05) is 0 Å². The molecule has 0 aromatic carbocycles. The third-order valence-corrected chi connectivity index (χ3v) is 7.44. The minimum Gasteiger partial charge on any atom is -0.396 e. The van der Waals surface area contributed by atoms with Gasteiger partial charge < -0.3 is 10.4 Å². The van der Waals surface area contributed by atoms with Crippen molar-refractivity contribution in [2.45, 2.75) is 44.3 Å². The second kappa shape index (κ2) is 9.11. The van der Waals surface area contributed by atoms with Gasteiger partial charge in [-0.25, -0.2) is 9.97 Å². The molecule has 0 spiro atoms. The summed E-state index contributed by atoms with van der Waals surface area (Å²) in [6.45, 7) is 1.62. The predicted molar refractivity (Wildman–Crippen MR) is 100 cm³/mol. The first-order valence-electron chi connectivity index (χ1n) is 9.72. The molecule has 164 valence electrons. The Bertz CT molecular complexity index is 766.